The molecule has 1 amide bonds. The maximum atomic E-state index is 12.4. The molecule has 0 saturated heterocycles. The zero-order valence-corrected chi connectivity index (χ0v) is 14.5. The lowest BCUT2D eigenvalue weighted by molar-refractivity contribution is -0.140. The SMILES string of the molecule is CCOC(=O)C1=C(NCc2cccs2)C2C=CC=C(Cl)C2=NC1=O. The highest BCUT2D eigenvalue weighted by atomic mass is 35.5. The standard InChI is InChI=1S/C17H15ClN2O3S/c1-2-23-17(22)13-15(19-9-10-5-4-8-24-10)11-6-3-7-12(18)14(11)20-16(13)21/h3-8,11,19H,2,9H2,1H3. The molecule has 1 aliphatic carbocycles. The van der Waals surface area contributed by atoms with Crippen LogP contribution in [0.5, 0.6) is 0 Å². The van der Waals surface area contributed by atoms with Crippen molar-refractivity contribution in [3.63, 3.8) is 0 Å². The Morgan fingerprint density at radius 3 is 3.04 bits per heavy atom. The van der Waals surface area contributed by atoms with E-state index in [0.717, 1.165) is 4.88 Å². The third kappa shape index (κ3) is 3.20. The number of carbonyl (C=O) groups is 2. The van der Waals surface area contributed by atoms with Crippen LogP contribution in [0.2, 0.25) is 0 Å². The van der Waals surface area contributed by atoms with E-state index in [-0.39, 0.29) is 18.1 Å². The number of allylic oxidation sites excluding steroid dienone is 4. The first-order valence-corrected chi connectivity index (χ1v) is 8.72. The predicted molar refractivity (Wildman–Crippen MR) is 93.8 cm³/mol. The Morgan fingerprint density at radius 1 is 1.50 bits per heavy atom. The number of rotatable bonds is 5. The molecule has 1 aliphatic heterocycles. The van der Waals surface area contributed by atoms with Gasteiger partial charge in [-0.3, -0.25) is 4.79 Å². The average molecular weight is 363 g/mol. The second-order valence-corrected chi connectivity index (χ2v) is 6.56. The van der Waals surface area contributed by atoms with Gasteiger partial charge in [-0.25, -0.2) is 9.79 Å². The van der Waals surface area contributed by atoms with Crippen LogP contribution in [0, 0.1) is 5.92 Å². The van der Waals surface area contributed by atoms with Crippen molar-refractivity contribution in [2.45, 2.75) is 13.5 Å². The molecule has 0 radical (unpaired) electrons. The van der Waals surface area contributed by atoms with Gasteiger partial charge in [0.25, 0.3) is 5.91 Å². The number of halogens is 1. The molecule has 1 aromatic heterocycles. The molecule has 2 heterocycles. The van der Waals surface area contributed by atoms with Crippen LogP contribution in [-0.4, -0.2) is 24.2 Å². The van der Waals surface area contributed by atoms with Crippen molar-refractivity contribution < 1.29 is 14.3 Å². The number of ether oxygens (including phenoxy) is 1. The zero-order chi connectivity index (χ0) is 17.1. The van der Waals surface area contributed by atoms with Crippen molar-refractivity contribution in [1.82, 2.24) is 5.32 Å². The molecule has 3 rings (SSSR count). The smallest absolute Gasteiger partial charge is 0.345 e. The Balaban J connectivity index is 1.98. The first-order valence-electron chi connectivity index (χ1n) is 7.46. The molecule has 1 unspecified atom stereocenters. The molecule has 0 bridgehead atoms. The van der Waals surface area contributed by atoms with Crippen molar-refractivity contribution >= 4 is 40.5 Å². The lowest BCUT2D eigenvalue weighted by atomic mass is 9.88. The molecule has 0 aromatic carbocycles. The summed E-state index contributed by atoms with van der Waals surface area (Å²) in [6, 6.07) is 3.92. The van der Waals surface area contributed by atoms with Crippen LogP contribution in [0.3, 0.4) is 0 Å². The van der Waals surface area contributed by atoms with Crippen LogP contribution in [-0.2, 0) is 20.9 Å². The van der Waals surface area contributed by atoms with Crippen molar-refractivity contribution in [2.24, 2.45) is 10.9 Å². The van der Waals surface area contributed by atoms with Gasteiger partial charge in [-0.15, -0.1) is 11.3 Å². The van der Waals surface area contributed by atoms with Gasteiger partial charge in [-0.1, -0.05) is 29.8 Å². The summed E-state index contributed by atoms with van der Waals surface area (Å²) in [6.45, 7) is 2.38. The molecule has 0 fully saturated rings. The molecular formula is C17H15ClN2O3S. The van der Waals surface area contributed by atoms with Gasteiger partial charge in [0, 0.05) is 17.1 Å². The summed E-state index contributed by atoms with van der Waals surface area (Å²) in [4.78, 5) is 29.7. The number of nitrogens with zero attached hydrogens (tertiary/aromatic N) is 1. The number of dihydropyridines is 1. The topological polar surface area (TPSA) is 67.8 Å². The molecule has 1 atom stereocenters. The molecule has 0 saturated carbocycles. The van der Waals surface area contributed by atoms with Gasteiger partial charge in [0.05, 0.1) is 23.3 Å². The quantitative estimate of drug-likeness (QED) is 0.646. The van der Waals surface area contributed by atoms with E-state index >= 15 is 0 Å². The van der Waals surface area contributed by atoms with Gasteiger partial charge in [0.2, 0.25) is 0 Å². The molecule has 1 N–H and O–H groups in total. The van der Waals surface area contributed by atoms with Gasteiger partial charge in [-0.2, -0.15) is 0 Å². The number of aliphatic imine (C=N–C) groups is 1. The number of hydrogen-bond donors (Lipinski definition) is 1. The Hall–Kier alpha value is -2.18. The van der Waals surface area contributed by atoms with Gasteiger partial charge in [0.15, 0.2) is 0 Å². The molecule has 7 heteroatoms. The van der Waals surface area contributed by atoms with Gasteiger partial charge < -0.3 is 10.1 Å². The third-order valence-corrected chi connectivity index (χ3v) is 4.81. The summed E-state index contributed by atoms with van der Waals surface area (Å²) in [5.41, 5.74) is 0.878. The maximum Gasteiger partial charge on any atom is 0.345 e. The van der Waals surface area contributed by atoms with Crippen LogP contribution < -0.4 is 5.32 Å². The van der Waals surface area contributed by atoms with Gasteiger partial charge in [0.1, 0.15) is 5.57 Å². The summed E-state index contributed by atoms with van der Waals surface area (Å²) in [7, 11) is 0. The summed E-state index contributed by atoms with van der Waals surface area (Å²) in [5.74, 6) is -1.66. The van der Waals surface area contributed by atoms with E-state index in [1.807, 2.05) is 23.6 Å². The van der Waals surface area contributed by atoms with E-state index in [9.17, 15) is 9.59 Å². The zero-order valence-electron chi connectivity index (χ0n) is 12.9. The summed E-state index contributed by atoms with van der Waals surface area (Å²) in [5, 5.41) is 5.58. The fourth-order valence-corrected chi connectivity index (χ4v) is 3.44. The largest absolute Gasteiger partial charge is 0.462 e. The first-order chi connectivity index (χ1) is 11.6. The number of fused-ring (bicyclic) bond motifs is 1. The fraction of sp³-hybridized carbons (Fsp3) is 0.235. The van der Waals surface area contributed by atoms with Crippen molar-refractivity contribution in [2.75, 3.05) is 6.61 Å². The number of hydrogen-bond acceptors (Lipinski definition) is 5. The molecule has 24 heavy (non-hydrogen) atoms. The second-order valence-electron chi connectivity index (χ2n) is 5.12. The van der Waals surface area contributed by atoms with E-state index in [1.54, 1.807) is 30.4 Å². The molecule has 1 aromatic rings. The second kappa shape index (κ2) is 7.15. The lowest BCUT2D eigenvalue weighted by Crippen LogP contribution is -2.36. The monoisotopic (exact) mass is 362 g/mol. The van der Waals surface area contributed by atoms with E-state index in [1.165, 1.54) is 0 Å². The van der Waals surface area contributed by atoms with E-state index in [4.69, 9.17) is 16.3 Å². The molecule has 124 valence electrons. The predicted octanol–water partition coefficient (Wildman–Crippen LogP) is 2.94. The average Bonchev–Trinajstić information content (AvgIpc) is 3.07. The van der Waals surface area contributed by atoms with Crippen LogP contribution in [0.25, 0.3) is 0 Å². The van der Waals surface area contributed by atoms with Gasteiger partial charge in [-0.05, 0) is 24.4 Å². The van der Waals surface area contributed by atoms with Crippen LogP contribution >= 0.6 is 22.9 Å². The minimum absolute atomic E-state index is 0.0572. The fourth-order valence-electron chi connectivity index (χ4n) is 2.56. The summed E-state index contributed by atoms with van der Waals surface area (Å²) < 4.78 is 5.03. The van der Waals surface area contributed by atoms with Crippen LogP contribution in [0.1, 0.15) is 11.8 Å². The van der Waals surface area contributed by atoms with E-state index in [2.05, 4.69) is 10.3 Å². The van der Waals surface area contributed by atoms with Crippen molar-refractivity contribution in [3.8, 4) is 0 Å². The molecule has 0 spiro atoms. The highest BCUT2D eigenvalue weighted by molar-refractivity contribution is 7.09. The number of amides is 1. The minimum Gasteiger partial charge on any atom is -0.462 e. The van der Waals surface area contributed by atoms with Crippen molar-refractivity contribution in [3.05, 3.63) is 56.9 Å². The Bertz CT molecular complexity index is 791. The molecular weight excluding hydrogens is 348 g/mol. The summed E-state index contributed by atoms with van der Waals surface area (Å²) in [6.07, 6.45) is 5.32. The Labute approximate surface area is 148 Å². The molecule has 5 nitrogen and oxygen atoms in total. The third-order valence-electron chi connectivity index (χ3n) is 3.61. The first kappa shape index (κ1) is 16.7. The number of thiophene rings is 1. The highest BCUT2D eigenvalue weighted by Crippen LogP contribution is 2.31. The van der Waals surface area contributed by atoms with E-state index in [0.29, 0.717) is 23.0 Å². The maximum absolute atomic E-state index is 12.4. The Morgan fingerprint density at radius 2 is 2.33 bits per heavy atom. The normalized spacial score (nSPS) is 19.6. The lowest BCUT2D eigenvalue weighted by Gasteiger charge is -2.27. The number of esters is 1. The number of nitrogens with one attached hydrogen (secondary N) is 1. The number of carbonyl (C=O) groups excluding carboxylic acids is 2. The van der Waals surface area contributed by atoms with Gasteiger partial charge >= 0.3 is 5.97 Å². The Kier molecular flexibility index (Phi) is 4.97. The van der Waals surface area contributed by atoms with E-state index < -0.39 is 11.9 Å². The summed E-state index contributed by atoms with van der Waals surface area (Å²) >= 11 is 7.76. The molecule has 2 aliphatic rings. The van der Waals surface area contributed by atoms with Crippen molar-refractivity contribution in [1.29, 1.82) is 0 Å². The van der Waals surface area contributed by atoms with Crippen LogP contribution in [0.4, 0.5) is 0 Å². The van der Waals surface area contributed by atoms with Crippen LogP contribution in [0.15, 0.2) is 57.0 Å². The highest BCUT2D eigenvalue weighted by Gasteiger charge is 2.36. The minimum atomic E-state index is -0.668.